The molecular formula is C32H39N5O9. The summed E-state index contributed by atoms with van der Waals surface area (Å²) in [5.74, 6) is -0.303. The van der Waals surface area contributed by atoms with E-state index in [-0.39, 0.29) is 40.7 Å². The lowest BCUT2D eigenvalue weighted by Gasteiger charge is -2.28. The third-order valence-electron chi connectivity index (χ3n) is 6.24. The van der Waals surface area contributed by atoms with Crippen molar-refractivity contribution in [1.29, 1.82) is 0 Å². The lowest BCUT2D eigenvalue weighted by Crippen LogP contribution is -2.44. The van der Waals surface area contributed by atoms with Gasteiger partial charge in [-0.1, -0.05) is 6.07 Å². The fraction of sp³-hybridized carbons (Fsp3) is 0.438. The summed E-state index contributed by atoms with van der Waals surface area (Å²) in [5.41, 5.74) is -1.77. The van der Waals surface area contributed by atoms with Crippen LogP contribution in [-0.2, 0) is 20.8 Å². The molecule has 4 rings (SSSR count). The summed E-state index contributed by atoms with van der Waals surface area (Å²) >= 11 is 0. The minimum atomic E-state index is -1.42. The molecule has 0 aliphatic carbocycles. The fourth-order valence-corrected chi connectivity index (χ4v) is 4.62. The second kappa shape index (κ2) is 11.7. The standard InChI is InChI=1S/C32H39N5O9/c1-17-33-24-20(22-14-19-13-18(16-38)11-12-21(19)36(22)27(41)44-30(2,3)4)15-23(34-25(24)35(17)26(39)40)37(28(42)45-31(5,6)7)29(43)46-32(8,9)10/h11-15,38H,16H2,1-10H3,(H,39,40). The van der Waals surface area contributed by atoms with Crippen molar-refractivity contribution < 1.29 is 43.6 Å². The van der Waals surface area contributed by atoms with Gasteiger partial charge in [0.05, 0.1) is 17.8 Å². The number of aryl methyl sites for hydroxylation is 1. The van der Waals surface area contributed by atoms with Gasteiger partial charge in [-0.3, -0.25) is 0 Å². The number of benzene rings is 1. The average Bonchev–Trinajstić information content (AvgIpc) is 3.41. The van der Waals surface area contributed by atoms with Crippen molar-refractivity contribution in [3.05, 3.63) is 41.7 Å². The summed E-state index contributed by atoms with van der Waals surface area (Å²) in [6.07, 6.45) is -4.43. The molecule has 2 N–H and O–H groups in total. The van der Waals surface area contributed by atoms with Crippen LogP contribution in [0.4, 0.5) is 25.0 Å². The average molecular weight is 638 g/mol. The van der Waals surface area contributed by atoms with Gasteiger partial charge in [-0.2, -0.15) is 4.90 Å². The van der Waals surface area contributed by atoms with Gasteiger partial charge in [-0.25, -0.2) is 38.3 Å². The summed E-state index contributed by atoms with van der Waals surface area (Å²) in [7, 11) is 0. The second-order valence-corrected chi connectivity index (χ2v) is 13.7. The molecular weight excluding hydrogens is 598 g/mol. The maximum absolute atomic E-state index is 13.7. The van der Waals surface area contributed by atoms with Gasteiger partial charge in [-0.15, -0.1) is 0 Å². The number of fused-ring (bicyclic) bond motifs is 2. The van der Waals surface area contributed by atoms with Gasteiger partial charge in [0.25, 0.3) is 0 Å². The van der Waals surface area contributed by atoms with E-state index < -0.39 is 41.2 Å². The van der Waals surface area contributed by atoms with Crippen LogP contribution >= 0.6 is 0 Å². The maximum Gasteiger partial charge on any atom is 0.425 e. The Balaban J connectivity index is 2.13. The quantitative estimate of drug-likeness (QED) is 0.225. The number of aliphatic hydroxyl groups is 1. The highest BCUT2D eigenvalue weighted by atomic mass is 16.6. The van der Waals surface area contributed by atoms with E-state index in [9.17, 15) is 29.4 Å². The van der Waals surface area contributed by atoms with Gasteiger partial charge in [0.15, 0.2) is 11.5 Å². The molecule has 0 unspecified atom stereocenters. The van der Waals surface area contributed by atoms with Gasteiger partial charge >= 0.3 is 24.4 Å². The van der Waals surface area contributed by atoms with Gasteiger partial charge in [-0.05, 0) is 99.1 Å². The predicted octanol–water partition coefficient (Wildman–Crippen LogP) is 6.84. The first-order valence-corrected chi connectivity index (χ1v) is 14.5. The van der Waals surface area contributed by atoms with Crippen LogP contribution in [0.2, 0.25) is 0 Å². The van der Waals surface area contributed by atoms with Gasteiger partial charge < -0.3 is 24.4 Å². The SMILES string of the molecule is Cc1nc2c(-c3cc4cc(CO)ccc4n3C(=O)OC(C)(C)C)cc(N(C(=O)OC(C)(C)C)C(=O)OC(C)(C)C)nc2n1C(=O)O. The van der Waals surface area contributed by atoms with Crippen molar-refractivity contribution in [2.75, 3.05) is 4.90 Å². The molecule has 14 nitrogen and oxygen atoms in total. The molecule has 0 bridgehead atoms. The number of anilines is 1. The number of nitrogens with zero attached hydrogens (tertiary/aromatic N) is 5. The topological polar surface area (TPSA) is 175 Å². The number of carboxylic acid groups (broad SMARTS) is 1. The largest absolute Gasteiger partial charge is 0.464 e. The Kier molecular flexibility index (Phi) is 8.66. The number of amides is 2. The third kappa shape index (κ3) is 7.12. The van der Waals surface area contributed by atoms with Crippen LogP contribution in [0.3, 0.4) is 0 Å². The van der Waals surface area contributed by atoms with Crippen LogP contribution in [0.5, 0.6) is 0 Å². The van der Waals surface area contributed by atoms with Crippen molar-refractivity contribution in [3.8, 4) is 11.3 Å². The smallest absolute Gasteiger partial charge is 0.425 e. The van der Waals surface area contributed by atoms with Gasteiger partial charge in [0.1, 0.15) is 28.1 Å². The molecule has 0 aliphatic heterocycles. The first-order chi connectivity index (χ1) is 21.1. The summed E-state index contributed by atoms with van der Waals surface area (Å²) in [6.45, 7) is 16.0. The number of carbonyl (C=O) groups excluding carboxylic acids is 3. The van der Waals surface area contributed by atoms with Crippen LogP contribution in [0.1, 0.15) is 73.7 Å². The van der Waals surface area contributed by atoms with Crippen molar-refractivity contribution in [3.63, 3.8) is 0 Å². The van der Waals surface area contributed by atoms with Crippen LogP contribution in [0.25, 0.3) is 33.3 Å². The molecule has 0 atom stereocenters. The van der Waals surface area contributed by atoms with Crippen molar-refractivity contribution in [2.24, 2.45) is 0 Å². The molecule has 0 spiro atoms. The molecule has 1 aromatic carbocycles. The molecule has 0 fully saturated rings. The lowest BCUT2D eigenvalue weighted by atomic mass is 10.1. The normalized spacial score (nSPS) is 12.3. The Bertz CT molecular complexity index is 1840. The molecule has 0 saturated carbocycles. The fourth-order valence-electron chi connectivity index (χ4n) is 4.62. The molecule has 4 aromatic rings. The monoisotopic (exact) mass is 637 g/mol. The second-order valence-electron chi connectivity index (χ2n) is 13.7. The molecule has 0 saturated heterocycles. The first-order valence-electron chi connectivity index (χ1n) is 14.5. The van der Waals surface area contributed by atoms with E-state index in [1.807, 2.05) is 0 Å². The number of hydrogen-bond acceptors (Lipinski definition) is 10. The van der Waals surface area contributed by atoms with Crippen molar-refractivity contribution in [2.45, 2.75) is 92.6 Å². The summed E-state index contributed by atoms with van der Waals surface area (Å²) < 4.78 is 18.9. The third-order valence-corrected chi connectivity index (χ3v) is 6.24. The summed E-state index contributed by atoms with van der Waals surface area (Å²) in [5, 5.41) is 20.4. The molecule has 46 heavy (non-hydrogen) atoms. The number of hydrogen-bond donors (Lipinski definition) is 2. The highest BCUT2D eigenvalue weighted by Gasteiger charge is 2.36. The van der Waals surface area contributed by atoms with E-state index in [1.165, 1.54) is 17.6 Å². The number of imide groups is 1. The van der Waals surface area contributed by atoms with E-state index in [2.05, 4.69) is 9.97 Å². The van der Waals surface area contributed by atoms with E-state index in [0.717, 1.165) is 4.57 Å². The molecule has 3 aromatic heterocycles. The molecule has 0 radical (unpaired) electrons. The minimum absolute atomic E-state index is 0.0389. The zero-order chi connectivity index (χ0) is 34.5. The van der Waals surface area contributed by atoms with Crippen LogP contribution in [0.15, 0.2) is 30.3 Å². The molecule has 246 valence electrons. The number of aromatic nitrogens is 4. The highest BCUT2D eigenvalue weighted by Crippen LogP contribution is 2.37. The van der Waals surface area contributed by atoms with E-state index in [0.29, 0.717) is 21.4 Å². The first kappa shape index (κ1) is 33.9. The lowest BCUT2D eigenvalue weighted by molar-refractivity contribution is 0.0426. The van der Waals surface area contributed by atoms with Crippen LogP contribution in [-0.4, -0.2) is 70.5 Å². The number of pyridine rings is 1. The Labute approximate surface area is 265 Å². The number of aliphatic hydroxyl groups excluding tert-OH is 1. The Morgan fingerprint density at radius 2 is 1.37 bits per heavy atom. The van der Waals surface area contributed by atoms with Gasteiger partial charge in [0.2, 0.25) is 0 Å². The Hall–Kier alpha value is -4.98. The van der Waals surface area contributed by atoms with E-state index in [1.54, 1.807) is 86.6 Å². The van der Waals surface area contributed by atoms with Crippen LogP contribution in [0, 0.1) is 6.92 Å². The van der Waals surface area contributed by atoms with Gasteiger partial charge in [0, 0.05) is 10.9 Å². The maximum atomic E-state index is 13.7. The number of imidazole rings is 1. The summed E-state index contributed by atoms with van der Waals surface area (Å²) in [4.78, 5) is 62.7. The minimum Gasteiger partial charge on any atom is -0.464 e. The zero-order valence-electron chi connectivity index (χ0n) is 27.6. The van der Waals surface area contributed by atoms with Crippen molar-refractivity contribution >= 4 is 52.3 Å². The van der Waals surface area contributed by atoms with E-state index in [4.69, 9.17) is 14.2 Å². The van der Waals surface area contributed by atoms with Crippen LogP contribution < -0.4 is 4.90 Å². The molecule has 0 aliphatic rings. The predicted molar refractivity (Wildman–Crippen MR) is 169 cm³/mol. The number of rotatable bonds is 3. The molecule has 3 heterocycles. The Morgan fingerprint density at radius 1 is 0.804 bits per heavy atom. The van der Waals surface area contributed by atoms with Crippen molar-refractivity contribution in [1.82, 2.24) is 19.1 Å². The molecule has 14 heteroatoms. The number of ether oxygens (including phenoxy) is 3. The highest BCUT2D eigenvalue weighted by molar-refractivity contribution is 6.11. The Morgan fingerprint density at radius 3 is 1.87 bits per heavy atom. The van der Waals surface area contributed by atoms with E-state index >= 15 is 0 Å². The number of carbonyl (C=O) groups is 4. The zero-order valence-corrected chi connectivity index (χ0v) is 27.6. The summed E-state index contributed by atoms with van der Waals surface area (Å²) in [6, 6.07) is 7.95. The molecule has 2 amide bonds.